The SMILES string of the molecule is C=CNc1ncc(C(N)=O)cn1. The lowest BCUT2D eigenvalue weighted by Gasteiger charge is -1.97. The van der Waals surface area contributed by atoms with Gasteiger partial charge >= 0.3 is 0 Å². The fourth-order valence-electron chi connectivity index (χ4n) is 0.621. The Labute approximate surface area is 69.3 Å². The molecule has 0 aromatic carbocycles. The van der Waals surface area contributed by atoms with Gasteiger partial charge in [0.15, 0.2) is 0 Å². The van der Waals surface area contributed by atoms with Crippen molar-refractivity contribution in [3.8, 4) is 0 Å². The van der Waals surface area contributed by atoms with Crippen LogP contribution in [0.1, 0.15) is 10.4 Å². The summed E-state index contributed by atoms with van der Waals surface area (Å²) >= 11 is 0. The van der Waals surface area contributed by atoms with E-state index in [4.69, 9.17) is 5.73 Å². The molecule has 1 aromatic heterocycles. The van der Waals surface area contributed by atoms with Crippen molar-refractivity contribution in [2.75, 3.05) is 5.32 Å². The number of hydrogen-bond donors (Lipinski definition) is 2. The number of anilines is 1. The maximum absolute atomic E-state index is 10.6. The van der Waals surface area contributed by atoms with Crippen LogP contribution in [0.3, 0.4) is 0 Å². The summed E-state index contributed by atoms with van der Waals surface area (Å²) in [5.41, 5.74) is 5.26. The molecule has 0 unspecified atom stereocenters. The molecule has 62 valence electrons. The zero-order valence-electron chi connectivity index (χ0n) is 6.32. The number of carbonyl (C=O) groups excluding carboxylic acids is 1. The second kappa shape index (κ2) is 3.47. The van der Waals surface area contributed by atoms with Crippen LogP contribution in [0.25, 0.3) is 0 Å². The van der Waals surface area contributed by atoms with Crippen molar-refractivity contribution in [2.24, 2.45) is 5.73 Å². The van der Waals surface area contributed by atoms with Gasteiger partial charge in [-0.15, -0.1) is 0 Å². The number of hydrogen-bond acceptors (Lipinski definition) is 4. The Kier molecular flexibility index (Phi) is 2.37. The Bertz CT molecular complexity index is 293. The zero-order valence-corrected chi connectivity index (χ0v) is 6.32. The predicted octanol–water partition coefficient (Wildman–Crippen LogP) is 0.131. The first-order valence-electron chi connectivity index (χ1n) is 3.23. The van der Waals surface area contributed by atoms with Gasteiger partial charge in [-0.3, -0.25) is 4.79 Å². The lowest BCUT2D eigenvalue weighted by molar-refractivity contribution is 0.0999. The lowest BCUT2D eigenvalue weighted by atomic mass is 10.3. The summed E-state index contributed by atoms with van der Waals surface area (Å²) in [7, 11) is 0. The minimum atomic E-state index is -0.542. The van der Waals surface area contributed by atoms with Crippen molar-refractivity contribution in [3.05, 3.63) is 30.7 Å². The van der Waals surface area contributed by atoms with Crippen molar-refractivity contribution < 1.29 is 4.79 Å². The molecule has 12 heavy (non-hydrogen) atoms. The molecule has 5 nitrogen and oxygen atoms in total. The topological polar surface area (TPSA) is 80.9 Å². The van der Waals surface area contributed by atoms with Crippen LogP contribution in [0.15, 0.2) is 25.2 Å². The standard InChI is InChI=1S/C7H8N4O/c1-2-9-7-10-3-5(4-11-7)6(8)12/h2-4H,1H2,(H2,8,12)(H,9,10,11). The number of carbonyl (C=O) groups is 1. The fourth-order valence-corrected chi connectivity index (χ4v) is 0.621. The summed E-state index contributed by atoms with van der Waals surface area (Å²) < 4.78 is 0. The summed E-state index contributed by atoms with van der Waals surface area (Å²) in [4.78, 5) is 18.2. The summed E-state index contributed by atoms with van der Waals surface area (Å²) in [6, 6.07) is 0. The molecule has 3 N–H and O–H groups in total. The van der Waals surface area contributed by atoms with Crippen molar-refractivity contribution in [2.45, 2.75) is 0 Å². The Morgan fingerprint density at radius 1 is 1.58 bits per heavy atom. The van der Waals surface area contributed by atoms with Crippen LogP contribution in [-0.4, -0.2) is 15.9 Å². The Hall–Kier alpha value is -1.91. The summed E-state index contributed by atoms with van der Waals surface area (Å²) in [5.74, 6) is -0.157. The number of nitrogens with zero attached hydrogens (tertiary/aromatic N) is 2. The van der Waals surface area contributed by atoms with E-state index < -0.39 is 5.91 Å². The number of primary amides is 1. The maximum Gasteiger partial charge on any atom is 0.251 e. The second-order valence-electron chi connectivity index (χ2n) is 2.01. The molecule has 0 atom stereocenters. The van der Waals surface area contributed by atoms with E-state index in [2.05, 4.69) is 21.9 Å². The number of aromatic nitrogens is 2. The molecule has 0 saturated carbocycles. The highest BCUT2D eigenvalue weighted by atomic mass is 16.1. The number of nitrogens with two attached hydrogens (primary N) is 1. The van der Waals surface area contributed by atoms with Crippen LogP contribution in [0.5, 0.6) is 0 Å². The van der Waals surface area contributed by atoms with Crippen LogP contribution < -0.4 is 11.1 Å². The maximum atomic E-state index is 10.6. The molecule has 0 spiro atoms. The quantitative estimate of drug-likeness (QED) is 0.665. The highest BCUT2D eigenvalue weighted by Crippen LogP contribution is 1.98. The van der Waals surface area contributed by atoms with Gasteiger partial charge in [-0.05, 0) is 6.20 Å². The van der Waals surface area contributed by atoms with E-state index >= 15 is 0 Å². The summed E-state index contributed by atoms with van der Waals surface area (Å²) in [6.45, 7) is 3.43. The Morgan fingerprint density at radius 3 is 2.58 bits per heavy atom. The first-order chi connectivity index (χ1) is 5.74. The zero-order chi connectivity index (χ0) is 8.97. The van der Waals surface area contributed by atoms with Gasteiger partial charge in [0.25, 0.3) is 5.91 Å². The van der Waals surface area contributed by atoms with E-state index in [1.807, 2.05) is 0 Å². The van der Waals surface area contributed by atoms with Crippen molar-refractivity contribution >= 4 is 11.9 Å². The monoisotopic (exact) mass is 164 g/mol. The van der Waals surface area contributed by atoms with E-state index in [0.717, 1.165) is 0 Å². The number of amides is 1. The molecule has 1 heterocycles. The van der Waals surface area contributed by atoms with Gasteiger partial charge in [-0.25, -0.2) is 9.97 Å². The van der Waals surface area contributed by atoms with Crippen molar-refractivity contribution in [1.29, 1.82) is 0 Å². The molecule has 5 heteroatoms. The van der Waals surface area contributed by atoms with Crippen molar-refractivity contribution in [1.82, 2.24) is 9.97 Å². The van der Waals surface area contributed by atoms with Gasteiger partial charge in [0.05, 0.1) is 5.56 Å². The number of nitrogens with one attached hydrogen (secondary N) is 1. The third-order valence-corrected chi connectivity index (χ3v) is 1.17. The normalized spacial score (nSPS) is 9.00. The van der Waals surface area contributed by atoms with Gasteiger partial charge in [-0.1, -0.05) is 6.58 Å². The highest BCUT2D eigenvalue weighted by Gasteiger charge is 2.00. The molecule has 0 saturated heterocycles. The predicted molar refractivity (Wildman–Crippen MR) is 44.4 cm³/mol. The molecular weight excluding hydrogens is 156 g/mol. The smallest absolute Gasteiger partial charge is 0.251 e. The average molecular weight is 164 g/mol. The van der Waals surface area contributed by atoms with E-state index in [9.17, 15) is 4.79 Å². The van der Waals surface area contributed by atoms with Crippen LogP contribution >= 0.6 is 0 Å². The van der Waals surface area contributed by atoms with Crippen LogP contribution in [0, 0.1) is 0 Å². The Balaban J connectivity index is 2.85. The van der Waals surface area contributed by atoms with E-state index in [-0.39, 0.29) is 5.56 Å². The largest absolute Gasteiger partial charge is 0.366 e. The van der Waals surface area contributed by atoms with E-state index in [1.165, 1.54) is 18.6 Å². The van der Waals surface area contributed by atoms with Gasteiger partial charge in [0.1, 0.15) is 0 Å². The molecule has 0 aliphatic heterocycles. The minimum Gasteiger partial charge on any atom is -0.366 e. The van der Waals surface area contributed by atoms with Gasteiger partial charge in [0.2, 0.25) is 5.95 Å². The van der Waals surface area contributed by atoms with Crippen LogP contribution in [0.4, 0.5) is 5.95 Å². The van der Waals surface area contributed by atoms with Crippen molar-refractivity contribution in [3.63, 3.8) is 0 Å². The first kappa shape index (κ1) is 8.19. The van der Waals surface area contributed by atoms with Crippen LogP contribution in [0.2, 0.25) is 0 Å². The molecule has 0 aliphatic carbocycles. The third kappa shape index (κ3) is 1.79. The van der Waals surface area contributed by atoms with Gasteiger partial charge in [0, 0.05) is 12.4 Å². The minimum absolute atomic E-state index is 0.282. The molecule has 1 aromatic rings. The molecule has 0 radical (unpaired) electrons. The average Bonchev–Trinajstić information content (AvgIpc) is 2.06. The molecule has 0 fully saturated rings. The molecule has 1 amide bonds. The number of rotatable bonds is 3. The van der Waals surface area contributed by atoms with Crippen LogP contribution in [-0.2, 0) is 0 Å². The molecule has 0 aliphatic rings. The molecule has 0 bridgehead atoms. The van der Waals surface area contributed by atoms with Gasteiger partial charge < -0.3 is 11.1 Å². The van der Waals surface area contributed by atoms with E-state index in [0.29, 0.717) is 5.95 Å². The fraction of sp³-hybridized carbons (Fsp3) is 0. The summed E-state index contributed by atoms with van der Waals surface area (Å²) in [6.07, 6.45) is 4.14. The van der Waals surface area contributed by atoms with Gasteiger partial charge in [-0.2, -0.15) is 0 Å². The van der Waals surface area contributed by atoms with E-state index in [1.54, 1.807) is 0 Å². The Morgan fingerprint density at radius 2 is 2.17 bits per heavy atom. The highest BCUT2D eigenvalue weighted by molar-refractivity contribution is 5.92. The first-order valence-corrected chi connectivity index (χ1v) is 3.23. The third-order valence-electron chi connectivity index (χ3n) is 1.17. The molecular formula is C7H8N4O. The summed E-state index contributed by atoms with van der Waals surface area (Å²) in [5, 5.41) is 2.66. The molecule has 1 rings (SSSR count). The lowest BCUT2D eigenvalue weighted by Crippen LogP contribution is -2.12. The second-order valence-corrected chi connectivity index (χ2v) is 2.01.